The summed E-state index contributed by atoms with van der Waals surface area (Å²) in [6.07, 6.45) is 0.567. The molecule has 3 atom stereocenters. The fourth-order valence-corrected chi connectivity index (χ4v) is 2.35. The summed E-state index contributed by atoms with van der Waals surface area (Å²) in [5.41, 5.74) is 6.40. The second kappa shape index (κ2) is 7.29. The molecule has 0 radical (unpaired) electrons. The number of nitrogens with two attached hydrogens (primary N) is 1. The molecule has 0 unspecified atom stereocenters. The van der Waals surface area contributed by atoms with E-state index in [1.54, 1.807) is 0 Å². The number of alkyl halides is 2. The van der Waals surface area contributed by atoms with Crippen molar-refractivity contribution >= 4 is 0 Å². The van der Waals surface area contributed by atoms with Crippen LogP contribution in [0.25, 0.3) is 0 Å². The molecule has 2 rings (SSSR count). The molecule has 0 spiro atoms. The van der Waals surface area contributed by atoms with Crippen LogP contribution in [0.4, 0.5) is 8.78 Å². The van der Waals surface area contributed by atoms with E-state index in [9.17, 15) is 8.78 Å². The van der Waals surface area contributed by atoms with E-state index in [1.165, 1.54) is 6.92 Å². The van der Waals surface area contributed by atoms with Crippen LogP contribution in [0.5, 0.6) is 0 Å². The zero-order valence-corrected chi connectivity index (χ0v) is 12.3. The van der Waals surface area contributed by atoms with Crippen molar-refractivity contribution in [2.45, 2.75) is 57.0 Å². The predicted molar refractivity (Wildman–Crippen MR) is 77.2 cm³/mol. The van der Waals surface area contributed by atoms with Crippen LogP contribution >= 0.6 is 0 Å². The number of halogens is 2. The first-order valence-corrected chi connectivity index (χ1v) is 7.38. The minimum absolute atomic E-state index is 0.0228. The average Bonchev–Trinajstić information content (AvgIpc) is 2.47. The van der Waals surface area contributed by atoms with Crippen molar-refractivity contribution < 1.29 is 18.3 Å². The Morgan fingerprint density at radius 2 is 2.05 bits per heavy atom. The van der Waals surface area contributed by atoms with Gasteiger partial charge in [0.2, 0.25) is 0 Å². The maximum absolute atomic E-state index is 13.6. The van der Waals surface area contributed by atoms with Crippen LogP contribution in [-0.4, -0.2) is 30.8 Å². The Kier molecular flexibility index (Phi) is 5.67. The molecule has 1 fully saturated rings. The summed E-state index contributed by atoms with van der Waals surface area (Å²) in [5, 5.41) is 0. The molecule has 0 aromatic heterocycles. The molecule has 5 heteroatoms. The monoisotopic (exact) mass is 299 g/mol. The largest absolute Gasteiger partial charge is 0.375 e. The van der Waals surface area contributed by atoms with Gasteiger partial charge in [-0.05, 0) is 25.3 Å². The number of hydrogen-bond donors (Lipinski definition) is 1. The van der Waals surface area contributed by atoms with Crippen molar-refractivity contribution in [2.75, 3.05) is 6.61 Å². The van der Waals surface area contributed by atoms with Crippen LogP contribution in [0, 0.1) is 0 Å². The Balaban J connectivity index is 1.71. The molecule has 1 aliphatic heterocycles. The highest BCUT2D eigenvalue weighted by molar-refractivity contribution is 5.13. The van der Waals surface area contributed by atoms with E-state index in [-0.39, 0.29) is 12.5 Å². The number of ether oxygens (including phenoxy) is 2. The van der Waals surface area contributed by atoms with Crippen molar-refractivity contribution in [3.8, 4) is 0 Å². The molecule has 3 nitrogen and oxygen atoms in total. The Hall–Kier alpha value is -1.04. The van der Waals surface area contributed by atoms with E-state index < -0.39 is 18.1 Å². The molecular formula is C16H23F2NO2. The first-order chi connectivity index (χ1) is 9.97. The normalized spacial score (nSPS) is 24.8. The molecule has 118 valence electrons. The van der Waals surface area contributed by atoms with Crippen LogP contribution in [0.1, 0.15) is 31.7 Å². The van der Waals surface area contributed by atoms with Gasteiger partial charge in [-0.3, -0.25) is 0 Å². The Labute approximate surface area is 124 Å². The number of hydrogen-bond acceptors (Lipinski definition) is 3. The molecule has 21 heavy (non-hydrogen) atoms. The molecule has 1 aromatic carbocycles. The van der Waals surface area contributed by atoms with E-state index in [2.05, 4.69) is 0 Å². The van der Waals surface area contributed by atoms with Crippen molar-refractivity contribution in [3.63, 3.8) is 0 Å². The van der Waals surface area contributed by atoms with Gasteiger partial charge in [-0.1, -0.05) is 30.3 Å². The van der Waals surface area contributed by atoms with E-state index in [0.717, 1.165) is 12.0 Å². The molecule has 1 aromatic rings. The van der Waals surface area contributed by atoms with Crippen LogP contribution < -0.4 is 5.73 Å². The second-order valence-corrected chi connectivity index (χ2v) is 5.71. The van der Waals surface area contributed by atoms with Crippen molar-refractivity contribution in [2.24, 2.45) is 5.73 Å². The second-order valence-electron chi connectivity index (χ2n) is 5.71. The molecule has 0 saturated carbocycles. The van der Waals surface area contributed by atoms with E-state index in [1.807, 2.05) is 30.3 Å². The highest BCUT2D eigenvalue weighted by atomic mass is 19.3. The highest BCUT2D eigenvalue weighted by Gasteiger charge is 2.38. The lowest BCUT2D eigenvalue weighted by molar-refractivity contribution is -0.128. The number of benzene rings is 1. The minimum atomic E-state index is -2.87. The molecule has 2 N–H and O–H groups in total. The summed E-state index contributed by atoms with van der Waals surface area (Å²) in [4.78, 5) is 0. The Morgan fingerprint density at radius 3 is 2.62 bits per heavy atom. The molecule has 0 bridgehead atoms. The van der Waals surface area contributed by atoms with Gasteiger partial charge in [-0.15, -0.1) is 0 Å². The Bertz CT molecular complexity index is 418. The highest BCUT2D eigenvalue weighted by Crippen LogP contribution is 2.29. The van der Waals surface area contributed by atoms with E-state index in [4.69, 9.17) is 15.2 Å². The smallest absolute Gasteiger partial charge is 0.265 e. The predicted octanol–water partition coefficient (Wildman–Crippen LogP) is 3.12. The first kappa shape index (κ1) is 16.3. The van der Waals surface area contributed by atoms with Crippen LogP contribution in [-0.2, 0) is 16.1 Å². The van der Waals surface area contributed by atoms with Gasteiger partial charge < -0.3 is 15.2 Å². The summed E-state index contributed by atoms with van der Waals surface area (Å²) in [7, 11) is 0. The van der Waals surface area contributed by atoms with Gasteiger partial charge in [0.1, 0.15) is 0 Å². The van der Waals surface area contributed by atoms with Crippen molar-refractivity contribution in [3.05, 3.63) is 35.9 Å². The van der Waals surface area contributed by atoms with Gasteiger partial charge in [0.15, 0.2) is 0 Å². The molecule has 0 amide bonds. The lowest BCUT2D eigenvalue weighted by Crippen LogP contribution is -2.43. The zero-order chi connectivity index (χ0) is 15.3. The molecule has 1 aliphatic rings. The molecule has 1 heterocycles. The van der Waals surface area contributed by atoms with Crippen LogP contribution in [0.15, 0.2) is 30.3 Å². The van der Waals surface area contributed by atoms with Crippen LogP contribution in [0.3, 0.4) is 0 Å². The van der Waals surface area contributed by atoms with Gasteiger partial charge in [0, 0.05) is 6.42 Å². The summed E-state index contributed by atoms with van der Waals surface area (Å²) >= 11 is 0. The first-order valence-electron chi connectivity index (χ1n) is 7.38. The van der Waals surface area contributed by atoms with Gasteiger partial charge in [0.25, 0.3) is 5.92 Å². The average molecular weight is 299 g/mol. The lowest BCUT2D eigenvalue weighted by atomic mass is 9.98. The molecular weight excluding hydrogens is 276 g/mol. The summed E-state index contributed by atoms with van der Waals surface area (Å²) in [6.45, 7) is 2.22. The topological polar surface area (TPSA) is 44.5 Å². The fraction of sp³-hybridized carbons (Fsp3) is 0.625. The van der Waals surface area contributed by atoms with Crippen molar-refractivity contribution in [1.29, 1.82) is 0 Å². The van der Waals surface area contributed by atoms with Crippen molar-refractivity contribution in [1.82, 2.24) is 0 Å². The third kappa shape index (κ3) is 5.02. The standard InChI is InChI=1S/C16H23F2NO2/c1-12(19)16(17,18)9-14-7-8-15(11-21-14)20-10-13-5-3-2-4-6-13/h2-6,12,14-15H,7-11,19H2,1H3/t12-,14+,15-/m0/s1. The van der Waals surface area contributed by atoms with E-state index >= 15 is 0 Å². The maximum Gasteiger partial charge on any atom is 0.265 e. The van der Waals surface area contributed by atoms with Crippen LogP contribution in [0.2, 0.25) is 0 Å². The lowest BCUT2D eigenvalue weighted by Gasteiger charge is -2.32. The van der Waals surface area contributed by atoms with E-state index in [0.29, 0.717) is 19.6 Å². The third-order valence-corrected chi connectivity index (χ3v) is 3.82. The molecule has 0 aliphatic carbocycles. The SMILES string of the molecule is C[C@H](N)C(F)(F)C[C@H]1CC[C@H](OCc2ccccc2)CO1. The number of rotatable bonds is 6. The zero-order valence-electron chi connectivity index (χ0n) is 12.3. The fourth-order valence-electron chi connectivity index (χ4n) is 2.35. The Morgan fingerprint density at radius 1 is 1.33 bits per heavy atom. The van der Waals surface area contributed by atoms with Gasteiger partial charge >= 0.3 is 0 Å². The van der Waals surface area contributed by atoms with Gasteiger partial charge in [0.05, 0.1) is 31.5 Å². The summed E-state index contributed by atoms with van der Waals surface area (Å²) < 4.78 is 38.4. The summed E-state index contributed by atoms with van der Waals surface area (Å²) in [5.74, 6) is -2.87. The summed E-state index contributed by atoms with van der Waals surface area (Å²) in [6, 6.07) is 8.72. The minimum Gasteiger partial charge on any atom is -0.375 e. The quantitative estimate of drug-likeness (QED) is 0.877. The van der Waals surface area contributed by atoms with Gasteiger partial charge in [-0.25, -0.2) is 8.78 Å². The third-order valence-electron chi connectivity index (χ3n) is 3.82. The van der Waals surface area contributed by atoms with Gasteiger partial charge in [-0.2, -0.15) is 0 Å². The maximum atomic E-state index is 13.6. The molecule has 1 saturated heterocycles.